The average molecular weight is 391 g/mol. The molecule has 142 valence electrons. The van der Waals surface area contributed by atoms with Crippen LogP contribution in [-0.2, 0) is 9.53 Å². The van der Waals surface area contributed by atoms with E-state index < -0.39 is 5.97 Å². The Morgan fingerprint density at radius 3 is 2.46 bits per heavy atom. The molecule has 0 atom stereocenters. The Hall–Kier alpha value is -3.18. The van der Waals surface area contributed by atoms with Crippen molar-refractivity contribution in [2.45, 2.75) is 13.8 Å². The van der Waals surface area contributed by atoms with Crippen molar-refractivity contribution in [3.05, 3.63) is 82.7 Å². The van der Waals surface area contributed by atoms with Crippen LogP contribution in [0.2, 0.25) is 0 Å². The van der Waals surface area contributed by atoms with Crippen molar-refractivity contribution in [1.82, 2.24) is 0 Å². The van der Waals surface area contributed by atoms with Crippen molar-refractivity contribution in [1.29, 1.82) is 0 Å². The Kier molecular flexibility index (Phi) is 6.40. The summed E-state index contributed by atoms with van der Waals surface area (Å²) in [5.74, 6) is -0.743. The topological polar surface area (TPSA) is 55.4 Å². The van der Waals surface area contributed by atoms with E-state index in [0.29, 0.717) is 10.6 Å². The molecule has 1 N–H and O–H groups in total. The molecule has 0 unspecified atom stereocenters. The summed E-state index contributed by atoms with van der Waals surface area (Å²) in [7, 11) is 0. The maximum Gasteiger partial charge on any atom is 0.341 e. The highest BCUT2D eigenvalue weighted by Gasteiger charge is 2.22. The first-order chi connectivity index (χ1) is 13.6. The molecule has 0 aliphatic heterocycles. The van der Waals surface area contributed by atoms with Gasteiger partial charge in [-0.1, -0.05) is 60.2 Å². The van der Waals surface area contributed by atoms with Crippen LogP contribution < -0.4 is 5.32 Å². The van der Waals surface area contributed by atoms with Gasteiger partial charge in [0.1, 0.15) is 10.6 Å². The van der Waals surface area contributed by atoms with E-state index in [2.05, 4.69) is 5.32 Å². The number of rotatable bonds is 6. The number of carbonyl (C=O) groups excluding carboxylic acids is 2. The predicted molar refractivity (Wildman–Crippen MR) is 115 cm³/mol. The third-order valence-corrected chi connectivity index (χ3v) is 4.99. The number of aryl methyl sites for hydroxylation is 1. The first-order valence-corrected chi connectivity index (χ1v) is 9.86. The molecule has 0 aliphatic carbocycles. The van der Waals surface area contributed by atoms with Crippen molar-refractivity contribution in [3.8, 4) is 11.1 Å². The zero-order valence-electron chi connectivity index (χ0n) is 15.8. The van der Waals surface area contributed by atoms with Crippen LogP contribution in [0.1, 0.15) is 28.4 Å². The molecule has 1 heterocycles. The number of thiophene rings is 1. The summed E-state index contributed by atoms with van der Waals surface area (Å²) in [6.45, 7) is 4.04. The smallest absolute Gasteiger partial charge is 0.341 e. The van der Waals surface area contributed by atoms with Crippen LogP contribution in [0.3, 0.4) is 0 Å². The molecule has 4 nitrogen and oxygen atoms in total. The highest BCUT2D eigenvalue weighted by molar-refractivity contribution is 7.15. The lowest BCUT2D eigenvalue weighted by atomic mass is 10.0. The summed E-state index contributed by atoms with van der Waals surface area (Å²) < 4.78 is 5.21. The fourth-order valence-electron chi connectivity index (χ4n) is 2.69. The third-order valence-electron chi connectivity index (χ3n) is 4.10. The maximum atomic E-state index is 12.5. The highest BCUT2D eigenvalue weighted by Crippen LogP contribution is 2.36. The molecule has 0 bridgehead atoms. The van der Waals surface area contributed by atoms with Crippen LogP contribution in [-0.4, -0.2) is 18.5 Å². The van der Waals surface area contributed by atoms with E-state index >= 15 is 0 Å². The van der Waals surface area contributed by atoms with Gasteiger partial charge in [0.15, 0.2) is 0 Å². The molecule has 0 saturated heterocycles. The van der Waals surface area contributed by atoms with E-state index in [1.165, 1.54) is 17.4 Å². The molecule has 0 saturated carbocycles. The van der Waals surface area contributed by atoms with Gasteiger partial charge in [0.2, 0.25) is 5.91 Å². The molecule has 0 spiro atoms. The molecule has 3 rings (SSSR count). The summed E-state index contributed by atoms with van der Waals surface area (Å²) in [6.07, 6.45) is 3.20. The van der Waals surface area contributed by atoms with Crippen molar-refractivity contribution in [2.75, 3.05) is 11.9 Å². The van der Waals surface area contributed by atoms with Gasteiger partial charge >= 0.3 is 5.97 Å². The second-order valence-electron chi connectivity index (χ2n) is 6.17. The molecular weight excluding hydrogens is 370 g/mol. The number of hydrogen-bond donors (Lipinski definition) is 1. The summed E-state index contributed by atoms with van der Waals surface area (Å²) in [6, 6.07) is 17.4. The molecule has 5 heteroatoms. The molecule has 2 aromatic carbocycles. The average Bonchev–Trinajstić information content (AvgIpc) is 3.12. The van der Waals surface area contributed by atoms with Gasteiger partial charge in [-0.25, -0.2) is 4.79 Å². The predicted octanol–water partition coefficient (Wildman–Crippen LogP) is 5.55. The standard InChI is InChI=1S/C23H21NO3S/c1-3-27-23(26)21-19(18-7-5-4-6-8-18)15-28-22(21)24-20(25)14-13-17-11-9-16(2)10-12-17/h4-15H,3H2,1-2H3,(H,24,25)/b14-13+. The van der Waals surface area contributed by atoms with Gasteiger partial charge in [-0.15, -0.1) is 11.3 Å². The monoisotopic (exact) mass is 391 g/mol. The summed E-state index contributed by atoms with van der Waals surface area (Å²) in [5, 5.41) is 5.16. The number of carbonyl (C=O) groups is 2. The zero-order valence-corrected chi connectivity index (χ0v) is 16.6. The third kappa shape index (κ3) is 4.75. The van der Waals surface area contributed by atoms with Gasteiger partial charge in [-0.2, -0.15) is 0 Å². The normalized spacial score (nSPS) is 10.8. The van der Waals surface area contributed by atoms with E-state index in [0.717, 1.165) is 22.3 Å². The largest absolute Gasteiger partial charge is 0.462 e. The van der Waals surface area contributed by atoms with E-state index in [4.69, 9.17) is 4.74 Å². The van der Waals surface area contributed by atoms with Crippen molar-refractivity contribution in [3.63, 3.8) is 0 Å². The Labute approximate surface area is 168 Å². The summed E-state index contributed by atoms with van der Waals surface area (Å²) in [4.78, 5) is 24.9. The van der Waals surface area contributed by atoms with Gasteiger partial charge in [0.05, 0.1) is 6.61 Å². The zero-order chi connectivity index (χ0) is 19.9. The molecular formula is C23H21NO3S. The quantitative estimate of drug-likeness (QED) is 0.443. The second kappa shape index (κ2) is 9.15. The van der Waals surface area contributed by atoms with Gasteiger partial charge in [0.25, 0.3) is 0 Å². The minimum Gasteiger partial charge on any atom is -0.462 e. The molecule has 28 heavy (non-hydrogen) atoms. The second-order valence-corrected chi connectivity index (χ2v) is 7.05. The lowest BCUT2D eigenvalue weighted by Crippen LogP contribution is -2.12. The summed E-state index contributed by atoms with van der Waals surface area (Å²) in [5.41, 5.74) is 4.13. The van der Waals surface area contributed by atoms with Crippen LogP contribution in [0.4, 0.5) is 5.00 Å². The van der Waals surface area contributed by atoms with Crippen molar-refractivity contribution < 1.29 is 14.3 Å². The fraction of sp³-hybridized carbons (Fsp3) is 0.130. The van der Waals surface area contributed by atoms with Crippen LogP contribution in [0, 0.1) is 6.92 Å². The Morgan fingerprint density at radius 1 is 1.07 bits per heavy atom. The fourth-order valence-corrected chi connectivity index (χ4v) is 3.65. The van der Waals surface area contributed by atoms with Gasteiger partial charge in [0, 0.05) is 17.0 Å². The lowest BCUT2D eigenvalue weighted by Gasteiger charge is -2.08. The van der Waals surface area contributed by atoms with Gasteiger partial charge < -0.3 is 10.1 Å². The Morgan fingerprint density at radius 2 is 1.79 bits per heavy atom. The summed E-state index contributed by atoms with van der Waals surface area (Å²) >= 11 is 1.31. The van der Waals surface area contributed by atoms with Gasteiger partial charge in [-0.3, -0.25) is 4.79 Å². The molecule has 0 radical (unpaired) electrons. The molecule has 0 aliphatic rings. The molecule has 3 aromatic rings. The number of benzene rings is 2. The SMILES string of the molecule is CCOC(=O)c1c(-c2ccccc2)csc1NC(=O)/C=C/c1ccc(C)cc1. The molecule has 0 fully saturated rings. The van der Waals surface area contributed by atoms with E-state index in [1.807, 2.05) is 66.9 Å². The van der Waals surface area contributed by atoms with Crippen LogP contribution in [0.5, 0.6) is 0 Å². The lowest BCUT2D eigenvalue weighted by molar-refractivity contribution is -0.111. The number of esters is 1. The minimum atomic E-state index is -0.444. The first kappa shape index (κ1) is 19.6. The molecule has 1 amide bonds. The van der Waals surface area contributed by atoms with Crippen LogP contribution >= 0.6 is 11.3 Å². The first-order valence-electron chi connectivity index (χ1n) is 8.98. The number of anilines is 1. The van der Waals surface area contributed by atoms with E-state index in [1.54, 1.807) is 13.0 Å². The van der Waals surface area contributed by atoms with E-state index in [-0.39, 0.29) is 12.5 Å². The van der Waals surface area contributed by atoms with Gasteiger partial charge in [-0.05, 0) is 31.1 Å². The van der Waals surface area contributed by atoms with Crippen molar-refractivity contribution >= 4 is 34.3 Å². The number of hydrogen-bond acceptors (Lipinski definition) is 4. The number of amides is 1. The Balaban J connectivity index is 1.84. The van der Waals surface area contributed by atoms with Crippen LogP contribution in [0.15, 0.2) is 66.1 Å². The minimum absolute atomic E-state index is 0.267. The Bertz CT molecular complexity index is 988. The van der Waals surface area contributed by atoms with Crippen molar-refractivity contribution in [2.24, 2.45) is 0 Å². The van der Waals surface area contributed by atoms with Crippen LogP contribution in [0.25, 0.3) is 17.2 Å². The number of ether oxygens (including phenoxy) is 1. The molecule has 1 aromatic heterocycles. The maximum absolute atomic E-state index is 12.5. The number of nitrogens with one attached hydrogen (secondary N) is 1. The van der Waals surface area contributed by atoms with E-state index in [9.17, 15) is 9.59 Å². The highest BCUT2D eigenvalue weighted by atomic mass is 32.1.